The molecule has 2 unspecified atom stereocenters. The average molecular weight is 735 g/mol. The van der Waals surface area contributed by atoms with E-state index in [-0.39, 0.29) is 63.3 Å². The lowest BCUT2D eigenvalue weighted by molar-refractivity contribution is -0.119. The first-order valence-corrected chi connectivity index (χ1v) is 18.0. The van der Waals surface area contributed by atoms with Crippen LogP contribution in [0.25, 0.3) is 0 Å². The molecule has 280 valence electrons. The molecule has 0 aliphatic heterocycles. The van der Waals surface area contributed by atoms with E-state index in [0.717, 1.165) is 22.3 Å². The molecule has 6 atom stereocenters. The van der Waals surface area contributed by atoms with E-state index >= 15 is 0 Å². The molecule has 0 radical (unpaired) electrons. The van der Waals surface area contributed by atoms with Crippen LogP contribution in [0.4, 0.5) is 14.4 Å². The Bertz CT molecular complexity index is 1710. The van der Waals surface area contributed by atoms with Gasteiger partial charge in [-0.25, -0.2) is 14.4 Å². The van der Waals surface area contributed by atoms with E-state index in [1.54, 1.807) is 0 Å². The lowest BCUT2D eigenvalue weighted by atomic mass is 9.92. The van der Waals surface area contributed by atoms with Gasteiger partial charge in [0.1, 0.15) is 49.2 Å². The maximum absolute atomic E-state index is 13.8. The molecule has 2 aliphatic carbocycles. The molecule has 6 rings (SSSR count). The first-order chi connectivity index (χ1) is 26.3. The van der Waals surface area contributed by atoms with Crippen molar-refractivity contribution in [3.05, 3.63) is 144 Å². The zero-order valence-corrected chi connectivity index (χ0v) is 29.7. The Balaban J connectivity index is 1.17. The number of rotatable bonds is 14. The first kappa shape index (κ1) is 37.8. The SMILES string of the molecule is O=C1C[C@H](OC(=O)OCc2ccccc2)[C@@H](C(Cc2ccccc2)OC(=O)OC(Cc2ccccc2)[C@H]2CC(=O)C[C@@H]2OC(=O)OCc2ccccc2)C1. The number of carbonyl (C=O) groups excluding carboxylic acids is 5. The van der Waals surface area contributed by atoms with Crippen molar-refractivity contribution in [2.75, 3.05) is 0 Å². The Hall–Kier alpha value is -5.97. The summed E-state index contributed by atoms with van der Waals surface area (Å²) in [4.78, 5) is 65.0. The molecule has 0 bridgehead atoms. The lowest BCUT2D eigenvalue weighted by Crippen LogP contribution is -2.39. The highest BCUT2D eigenvalue weighted by atomic mass is 16.7. The van der Waals surface area contributed by atoms with Crippen molar-refractivity contribution in [1.29, 1.82) is 0 Å². The van der Waals surface area contributed by atoms with Gasteiger partial charge < -0.3 is 28.4 Å². The number of carbonyl (C=O) groups is 5. The molecule has 54 heavy (non-hydrogen) atoms. The minimum Gasteiger partial charge on any atom is -0.430 e. The predicted octanol–water partition coefficient (Wildman–Crippen LogP) is 7.76. The molecule has 0 saturated heterocycles. The van der Waals surface area contributed by atoms with E-state index in [9.17, 15) is 24.0 Å². The van der Waals surface area contributed by atoms with Gasteiger partial charge >= 0.3 is 18.5 Å². The minimum atomic E-state index is -1.04. The number of hydrogen-bond donors (Lipinski definition) is 0. The molecule has 2 saturated carbocycles. The van der Waals surface area contributed by atoms with Crippen molar-refractivity contribution in [1.82, 2.24) is 0 Å². The van der Waals surface area contributed by atoms with Gasteiger partial charge in [0.2, 0.25) is 0 Å². The molecule has 0 N–H and O–H groups in total. The van der Waals surface area contributed by atoms with E-state index in [4.69, 9.17) is 28.4 Å². The summed E-state index contributed by atoms with van der Waals surface area (Å²) in [5.41, 5.74) is 3.19. The lowest BCUT2D eigenvalue weighted by Gasteiger charge is -2.30. The molecule has 4 aromatic carbocycles. The molecule has 4 aromatic rings. The molecule has 11 nitrogen and oxygen atoms in total. The van der Waals surface area contributed by atoms with Crippen molar-refractivity contribution in [3.8, 4) is 0 Å². The Morgan fingerprint density at radius 1 is 0.463 bits per heavy atom. The van der Waals surface area contributed by atoms with Gasteiger partial charge in [-0.15, -0.1) is 0 Å². The van der Waals surface area contributed by atoms with E-state index in [1.165, 1.54) is 0 Å². The zero-order valence-electron chi connectivity index (χ0n) is 29.7. The van der Waals surface area contributed by atoms with Crippen LogP contribution in [0.1, 0.15) is 47.9 Å². The van der Waals surface area contributed by atoms with E-state index in [0.29, 0.717) is 0 Å². The Morgan fingerprint density at radius 2 is 0.796 bits per heavy atom. The normalized spacial score (nSPS) is 20.4. The van der Waals surface area contributed by atoms with Crippen LogP contribution in [0.5, 0.6) is 0 Å². The second-order valence-corrected chi connectivity index (χ2v) is 13.5. The summed E-state index contributed by atoms with van der Waals surface area (Å²) in [7, 11) is 0. The van der Waals surface area contributed by atoms with Crippen LogP contribution in [-0.4, -0.2) is 54.4 Å². The molecule has 0 heterocycles. The van der Waals surface area contributed by atoms with Crippen LogP contribution in [-0.2, 0) is 64.1 Å². The summed E-state index contributed by atoms with van der Waals surface area (Å²) in [5.74, 6) is -1.68. The van der Waals surface area contributed by atoms with Crippen LogP contribution in [0.2, 0.25) is 0 Å². The van der Waals surface area contributed by atoms with E-state index < -0.39 is 54.7 Å². The largest absolute Gasteiger partial charge is 0.508 e. The van der Waals surface area contributed by atoms with Gasteiger partial charge in [0.15, 0.2) is 0 Å². The highest BCUT2D eigenvalue weighted by Gasteiger charge is 2.45. The van der Waals surface area contributed by atoms with Gasteiger partial charge in [-0.05, 0) is 22.3 Å². The van der Waals surface area contributed by atoms with Gasteiger partial charge in [-0.2, -0.15) is 0 Å². The number of benzene rings is 4. The first-order valence-electron chi connectivity index (χ1n) is 18.0. The van der Waals surface area contributed by atoms with Crippen LogP contribution in [0.3, 0.4) is 0 Å². The topological polar surface area (TPSA) is 141 Å². The van der Waals surface area contributed by atoms with Crippen LogP contribution in [0.15, 0.2) is 121 Å². The Morgan fingerprint density at radius 3 is 1.15 bits per heavy atom. The van der Waals surface area contributed by atoms with Crippen molar-refractivity contribution < 1.29 is 52.4 Å². The highest BCUT2D eigenvalue weighted by molar-refractivity contribution is 5.83. The summed E-state index contributed by atoms with van der Waals surface area (Å²) in [6.45, 7) is -0.0214. The molecule has 2 fully saturated rings. The summed E-state index contributed by atoms with van der Waals surface area (Å²) >= 11 is 0. The smallest absolute Gasteiger partial charge is 0.430 e. The van der Waals surface area contributed by atoms with Gasteiger partial charge in [-0.3, -0.25) is 9.59 Å². The zero-order chi connectivity index (χ0) is 37.7. The number of ketones is 2. The van der Waals surface area contributed by atoms with Crippen molar-refractivity contribution >= 4 is 30.0 Å². The highest BCUT2D eigenvalue weighted by Crippen LogP contribution is 2.35. The fourth-order valence-electron chi connectivity index (χ4n) is 6.98. The third kappa shape index (κ3) is 11.0. The van der Waals surface area contributed by atoms with Crippen LogP contribution >= 0.6 is 0 Å². The van der Waals surface area contributed by atoms with Crippen molar-refractivity contribution in [2.24, 2.45) is 11.8 Å². The molecular weight excluding hydrogens is 692 g/mol. The van der Waals surface area contributed by atoms with Crippen LogP contribution < -0.4 is 0 Å². The van der Waals surface area contributed by atoms with Gasteiger partial charge in [0, 0.05) is 50.4 Å². The van der Waals surface area contributed by atoms with Gasteiger partial charge in [0.25, 0.3) is 0 Å². The maximum atomic E-state index is 13.8. The summed E-state index contributed by atoms with van der Waals surface area (Å²) < 4.78 is 34.0. The summed E-state index contributed by atoms with van der Waals surface area (Å²) in [6.07, 6.45) is -6.28. The second-order valence-electron chi connectivity index (χ2n) is 13.5. The van der Waals surface area contributed by atoms with Gasteiger partial charge in [0.05, 0.1) is 0 Å². The van der Waals surface area contributed by atoms with Crippen LogP contribution in [0, 0.1) is 11.8 Å². The third-order valence-electron chi connectivity index (χ3n) is 9.64. The predicted molar refractivity (Wildman–Crippen MR) is 194 cm³/mol. The molecule has 0 amide bonds. The number of Topliss-reactive ketones (excluding diaryl/α,β-unsaturated/α-hetero) is 2. The summed E-state index contributed by atoms with van der Waals surface area (Å²) in [6, 6.07) is 36.8. The Labute approximate surface area is 313 Å². The fraction of sp³-hybridized carbons (Fsp3) is 0.326. The molecule has 11 heteroatoms. The second kappa shape index (κ2) is 18.7. The average Bonchev–Trinajstić information content (AvgIpc) is 3.74. The third-order valence-corrected chi connectivity index (χ3v) is 9.64. The fourth-order valence-corrected chi connectivity index (χ4v) is 6.98. The van der Waals surface area contributed by atoms with Gasteiger partial charge in [-0.1, -0.05) is 121 Å². The monoisotopic (exact) mass is 734 g/mol. The van der Waals surface area contributed by atoms with E-state index in [1.807, 2.05) is 121 Å². The quantitative estimate of drug-likeness (QED) is 0.0927. The molecule has 2 aliphatic rings. The molecular formula is C43H42O11. The minimum absolute atomic E-state index is 0.00693. The maximum Gasteiger partial charge on any atom is 0.508 e. The standard InChI is InChI=1S/C43H42O11/c44-33-23-35(39(25-33)51-41(46)49-27-31-17-9-3-10-18-31)37(21-29-13-5-1-6-14-29)53-43(48)54-38(22-30-15-7-2-8-16-30)36-24-34(45)26-40(36)52-42(47)50-28-32-19-11-4-12-20-32/h1-20,35-40H,21-28H2/t35-,36-,37?,38?,39+,40+/m1/s1. The van der Waals surface area contributed by atoms with Crippen molar-refractivity contribution in [3.63, 3.8) is 0 Å². The summed E-state index contributed by atoms with van der Waals surface area (Å²) in [5, 5.41) is 0. The van der Waals surface area contributed by atoms with Crippen molar-refractivity contribution in [2.45, 2.75) is 76.2 Å². The number of ether oxygens (including phenoxy) is 6. The van der Waals surface area contributed by atoms with E-state index in [2.05, 4.69) is 0 Å². The molecule has 0 aromatic heterocycles. The Kier molecular flexibility index (Phi) is 13.1. The molecule has 0 spiro atoms. The number of hydrogen-bond acceptors (Lipinski definition) is 11.